The van der Waals surface area contributed by atoms with Crippen molar-refractivity contribution in [3.63, 3.8) is 0 Å². The van der Waals surface area contributed by atoms with Crippen LogP contribution in [-0.2, 0) is 0 Å². The molecule has 0 fully saturated rings. The van der Waals surface area contributed by atoms with Crippen LogP contribution in [0.4, 0.5) is 4.39 Å². The minimum atomic E-state index is -0.606. The summed E-state index contributed by atoms with van der Waals surface area (Å²) in [5.41, 5.74) is 13.8. The SMILES string of the molecule is C=C/C(C)=C\C=C(/N)N(C)C(=O)c1ccc(C2=CNC3C=CC(C4=CN(C)NC4)=CN23)cc1F. The number of amides is 1. The minimum Gasteiger partial charge on any atom is -0.385 e. The van der Waals surface area contributed by atoms with Gasteiger partial charge in [-0.15, -0.1) is 0 Å². The fraction of sp³-hybridized carbons (Fsp3) is 0.192. The minimum absolute atomic E-state index is 0.0426. The molecule has 0 aromatic heterocycles. The zero-order valence-electron chi connectivity index (χ0n) is 19.5. The van der Waals surface area contributed by atoms with Crippen LogP contribution in [0.2, 0.25) is 0 Å². The van der Waals surface area contributed by atoms with Crippen LogP contribution in [0.3, 0.4) is 0 Å². The maximum atomic E-state index is 15.1. The van der Waals surface area contributed by atoms with E-state index < -0.39 is 11.7 Å². The van der Waals surface area contributed by atoms with Gasteiger partial charge < -0.3 is 21.0 Å². The molecule has 34 heavy (non-hydrogen) atoms. The Balaban J connectivity index is 1.55. The van der Waals surface area contributed by atoms with Gasteiger partial charge in [-0.05, 0) is 42.4 Å². The third kappa shape index (κ3) is 4.53. The zero-order valence-corrected chi connectivity index (χ0v) is 19.5. The van der Waals surface area contributed by atoms with E-state index in [-0.39, 0.29) is 17.6 Å². The molecule has 0 aliphatic carbocycles. The van der Waals surface area contributed by atoms with Crippen molar-refractivity contribution in [1.82, 2.24) is 25.6 Å². The topological polar surface area (TPSA) is 76.9 Å². The maximum absolute atomic E-state index is 15.1. The Morgan fingerprint density at radius 1 is 1.32 bits per heavy atom. The lowest BCUT2D eigenvalue weighted by atomic mass is 10.0. The van der Waals surface area contributed by atoms with Gasteiger partial charge in [0, 0.05) is 44.8 Å². The van der Waals surface area contributed by atoms with Gasteiger partial charge in [0.15, 0.2) is 0 Å². The van der Waals surface area contributed by atoms with Crippen LogP contribution in [0, 0.1) is 5.82 Å². The number of hydrogen-bond donors (Lipinski definition) is 3. The lowest BCUT2D eigenvalue weighted by molar-refractivity contribution is 0.0830. The molecule has 0 radical (unpaired) electrons. The number of carbonyl (C=O) groups excluding carboxylic acids is 1. The summed E-state index contributed by atoms with van der Waals surface area (Å²) in [6.45, 7) is 6.29. The van der Waals surface area contributed by atoms with E-state index in [0.29, 0.717) is 5.56 Å². The van der Waals surface area contributed by atoms with Gasteiger partial charge in [-0.25, -0.2) is 9.82 Å². The second-order valence-corrected chi connectivity index (χ2v) is 8.36. The molecular formula is C26H29FN6O. The van der Waals surface area contributed by atoms with Crippen molar-refractivity contribution in [2.75, 3.05) is 20.6 Å². The quantitative estimate of drug-likeness (QED) is 0.567. The summed E-state index contributed by atoms with van der Waals surface area (Å²) in [4.78, 5) is 16.1. The summed E-state index contributed by atoms with van der Waals surface area (Å²) in [7, 11) is 3.47. The highest BCUT2D eigenvalue weighted by atomic mass is 19.1. The third-order valence-corrected chi connectivity index (χ3v) is 5.97. The van der Waals surface area contributed by atoms with Crippen LogP contribution >= 0.6 is 0 Å². The Labute approximate surface area is 199 Å². The van der Waals surface area contributed by atoms with Gasteiger partial charge in [0.2, 0.25) is 0 Å². The smallest absolute Gasteiger partial charge is 0.262 e. The van der Waals surface area contributed by atoms with Crippen LogP contribution < -0.4 is 16.5 Å². The Hall–Kier alpha value is -4.04. The van der Waals surface area contributed by atoms with E-state index in [1.165, 1.54) is 29.7 Å². The fourth-order valence-corrected chi connectivity index (χ4v) is 3.83. The average molecular weight is 461 g/mol. The van der Waals surface area contributed by atoms with Gasteiger partial charge in [0.1, 0.15) is 17.8 Å². The van der Waals surface area contributed by atoms with Crippen LogP contribution in [0.1, 0.15) is 22.8 Å². The molecular weight excluding hydrogens is 431 g/mol. The predicted molar refractivity (Wildman–Crippen MR) is 133 cm³/mol. The second-order valence-electron chi connectivity index (χ2n) is 8.36. The lowest BCUT2D eigenvalue weighted by Crippen LogP contribution is -2.33. The summed E-state index contributed by atoms with van der Waals surface area (Å²) >= 11 is 0. The normalized spacial score (nSPS) is 19.9. The number of allylic oxidation sites excluding steroid dienone is 5. The number of halogens is 1. The van der Waals surface area contributed by atoms with Crippen LogP contribution in [-0.4, -0.2) is 47.5 Å². The van der Waals surface area contributed by atoms with Gasteiger partial charge in [-0.2, -0.15) is 0 Å². The molecule has 3 heterocycles. The molecule has 1 aromatic rings. The first-order valence-electron chi connectivity index (χ1n) is 10.9. The van der Waals surface area contributed by atoms with Crippen LogP contribution in [0.25, 0.3) is 5.70 Å². The molecule has 0 spiro atoms. The molecule has 3 aliphatic rings. The Kier molecular flexibility index (Phi) is 6.43. The van der Waals surface area contributed by atoms with Crippen molar-refractivity contribution >= 4 is 11.6 Å². The number of hydrazine groups is 1. The van der Waals surface area contributed by atoms with E-state index in [2.05, 4.69) is 46.8 Å². The summed E-state index contributed by atoms with van der Waals surface area (Å²) in [5, 5.41) is 5.22. The number of hydrogen-bond acceptors (Lipinski definition) is 6. The predicted octanol–water partition coefficient (Wildman–Crippen LogP) is 3.15. The summed E-state index contributed by atoms with van der Waals surface area (Å²) in [6.07, 6.45) is 15.1. The number of fused-ring (bicyclic) bond motifs is 1. The Bertz CT molecular complexity index is 1210. The molecule has 1 aromatic carbocycles. The van der Waals surface area contributed by atoms with Gasteiger partial charge in [0.05, 0.1) is 11.3 Å². The molecule has 1 atom stereocenters. The first-order chi connectivity index (χ1) is 16.3. The van der Waals surface area contributed by atoms with E-state index in [4.69, 9.17) is 5.73 Å². The van der Waals surface area contributed by atoms with E-state index in [1.807, 2.05) is 25.2 Å². The Morgan fingerprint density at radius 3 is 2.79 bits per heavy atom. The van der Waals surface area contributed by atoms with Gasteiger partial charge in [0.25, 0.3) is 5.91 Å². The zero-order chi connectivity index (χ0) is 24.4. The molecule has 7 nitrogen and oxygen atoms in total. The van der Waals surface area contributed by atoms with E-state index in [0.717, 1.165) is 23.4 Å². The van der Waals surface area contributed by atoms with Crippen molar-refractivity contribution in [1.29, 1.82) is 0 Å². The molecule has 0 bridgehead atoms. The van der Waals surface area contributed by atoms with E-state index in [9.17, 15) is 4.79 Å². The highest BCUT2D eigenvalue weighted by Crippen LogP contribution is 2.32. The number of benzene rings is 1. The maximum Gasteiger partial charge on any atom is 0.262 e. The van der Waals surface area contributed by atoms with Crippen molar-refractivity contribution in [2.45, 2.75) is 13.1 Å². The highest BCUT2D eigenvalue weighted by Gasteiger charge is 2.28. The van der Waals surface area contributed by atoms with Gasteiger partial charge in [-0.3, -0.25) is 9.69 Å². The number of rotatable bonds is 6. The van der Waals surface area contributed by atoms with E-state index >= 15 is 4.39 Å². The standard InChI is InChI=1S/C26H29FN6O/c1-5-17(2)6-10-24(28)32(4)26(34)21-9-7-18(12-22(21)27)23-14-29-25-11-8-19(16-33(23)25)20-13-30-31(3)15-20/h5-12,14-16,25,29-30H,1,13,28H2,2-4H3/b17-6-,24-10+. The number of nitrogens with two attached hydrogens (primary N) is 1. The first-order valence-corrected chi connectivity index (χ1v) is 10.9. The molecule has 176 valence electrons. The van der Waals surface area contributed by atoms with Crippen LogP contribution in [0.15, 0.2) is 96.3 Å². The summed E-state index contributed by atoms with van der Waals surface area (Å²) < 4.78 is 15.1. The monoisotopic (exact) mass is 460 g/mol. The first kappa shape index (κ1) is 23.1. The molecule has 4 N–H and O–H groups in total. The number of nitrogens with zero attached hydrogens (tertiary/aromatic N) is 3. The average Bonchev–Trinajstić information content (AvgIpc) is 3.47. The van der Waals surface area contributed by atoms with Crippen molar-refractivity contribution in [3.05, 3.63) is 113 Å². The lowest BCUT2D eigenvalue weighted by Gasteiger charge is -2.28. The molecule has 0 saturated carbocycles. The van der Waals surface area contributed by atoms with E-state index in [1.54, 1.807) is 24.3 Å². The van der Waals surface area contributed by atoms with Gasteiger partial charge >= 0.3 is 0 Å². The van der Waals surface area contributed by atoms with Crippen molar-refractivity contribution in [2.24, 2.45) is 5.73 Å². The van der Waals surface area contributed by atoms with Crippen LogP contribution in [0.5, 0.6) is 0 Å². The van der Waals surface area contributed by atoms with Crippen molar-refractivity contribution in [3.8, 4) is 0 Å². The molecule has 4 rings (SSSR count). The molecule has 1 unspecified atom stereocenters. The largest absolute Gasteiger partial charge is 0.385 e. The van der Waals surface area contributed by atoms with Gasteiger partial charge in [-0.1, -0.05) is 36.4 Å². The third-order valence-electron chi connectivity index (χ3n) is 5.97. The summed E-state index contributed by atoms with van der Waals surface area (Å²) in [6, 6.07) is 4.63. The number of nitrogens with one attached hydrogen (secondary N) is 2. The molecule has 8 heteroatoms. The second kappa shape index (κ2) is 9.44. The molecule has 0 saturated heterocycles. The molecule has 3 aliphatic heterocycles. The molecule has 1 amide bonds. The highest BCUT2D eigenvalue weighted by molar-refractivity contribution is 5.95. The fourth-order valence-electron chi connectivity index (χ4n) is 3.83. The Morgan fingerprint density at radius 2 is 2.12 bits per heavy atom. The summed E-state index contributed by atoms with van der Waals surface area (Å²) in [5.74, 6) is -0.920. The van der Waals surface area contributed by atoms with Crippen molar-refractivity contribution < 1.29 is 9.18 Å². The number of carbonyl (C=O) groups is 1.